The zero-order valence-electron chi connectivity index (χ0n) is 16.8. The summed E-state index contributed by atoms with van der Waals surface area (Å²) < 4.78 is 21.5. The van der Waals surface area contributed by atoms with Crippen LogP contribution in [0.4, 0.5) is 10.1 Å². The molecule has 29 heavy (non-hydrogen) atoms. The van der Waals surface area contributed by atoms with Gasteiger partial charge < -0.3 is 14.2 Å². The fraction of sp³-hybridized carbons (Fsp3) is 0.476. The summed E-state index contributed by atoms with van der Waals surface area (Å²) in [6.45, 7) is 6.23. The Kier molecular flexibility index (Phi) is 6.19. The Hall–Kier alpha value is -2.74. The van der Waals surface area contributed by atoms with E-state index >= 15 is 0 Å². The van der Waals surface area contributed by atoms with Gasteiger partial charge in [-0.1, -0.05) is 25.5 Å². The summed E-state index contributed by atoms with van der Waals surface area (Å²) in [4.78, 5) is 3.60. The molecule has 1 fully saturated rings. The highest BCUT2D eigenvalue weighted by atomic mass is 19.1. The van der Waals surface area contributed by atoms with E-state index in [4.69, 9.17) is 4.42 Å². The Morgan fingerprint density at radius 3 is 2.72 bits per heavy atom. The molecule has 0 spiro atoms. The van der Waals surface area contributed by atoms with Crippen LogP contribution in [0.15, 0.2) is 47.1 Å². The third-order valence-corrected chi connectivity index (χ3v) is 5.69. The topological polar surface area (TPSA) is 64.4 Å². The maximum atomic E-state index is 14.2. The third kappa shape index (κ3) is 4.48. The summed E-state index contributed by atoms with van der Waals surface area (Å²) in [5.74, 6) is 1.59. The molecule has 2 aromatic heterocycles. The maximum Gasteiger partial charge on any atom is 0.209 e. The number of nitrogens with one attached hydrogen (secondary N) is 1. The van der Waals surface area contributed by atoms with Gasteiger partial charge in [0.25, 0.3) is 0 Å². The SMILES string of the molecule is CCCC[C@@H](c1nnnn1Cc1ccco1)[NH+]1CCN(c2ccccc2F)CC1. The van der Waals surface area contributed by atoms with Crippen LogP contribution in [0.25, 0.3) is 0 Å². The van der Waals surface area contributed by atoms with Gasteiger partial charge in [-0.2, -0.15) is 0 Å². The second kappa shape index (κ2) is 9.17. The molecule has 8 heteroatoms. The summed E-state index contributed by atoms with van der Waals surface area (Å²) in [5.41, 5.74) is 0.694. The van der Waals surface area contributed by atoms with Gasteiger partial charge in [0.15, 0.2) is 0 Å². The molecule has 1 saturated heterocycles. The second-order valence-corrected chi connectivity index (χ2v) is 7.57. The van der Waals surface area contributed by atoms with Crippen molar-refractivity contribution in [2.75, 3.05) is 31.1 Å². The van der Waals surface area contributed by atoms with Crippen LogP contribution in [-0.2, 0) is 6.54 Å². The Balaban J connectivity index is 1.48. The molecule has 0 amide bonds. The van der Waals surface area contributed by atoms with E-state index in [1.807, 2.05) is 28.9 Å². The van der Waals surface area contributed by atoms with E-state index < -0.39 is 0 Å². The Morgan fingerprint density at radius 2 is 2.00 bits per heavy atom. The summed E-state index contributed by atoms with van der Waals surface area (Å²) in [6.07, 6.45) is 4.95. The molecule has 4 rings (SSSR count). The van der Waals surface area contributed by atoms with E-state index in [2.05, 4.69) is 27.3 Å². The summed E-state index contributed by atoms with van der Waals surface area (Å²) in [7, 11) is 0. The van der Waals surface area contributed by atoms with Crippen molar-refractivity contribution in [2.45, 2.75) is 38.8 Å². The molecule has 7 nitrogen and oxygen atoms in total. The number of hydrogen-bond donors (Lipinski definition) is 1. The first kappa shape index (κ1) is 19.6. The van der Waals surface area contributed by atoms with Crippen molar-refractivity contribution < 1.29 is 13.7 Å². The van der Waals surface area contributed by atoms with Crippen molar-refractivity contribution in [1.82, 2.24) is 20.2 Å². The molecule has 1 aliphatic heterocycles. The van der Waals surface area contributed by atoms with Crippen LogP contribution in [0.3, 0.4) is 0 Å². The highest BCUT2D eigenvalue weighted by Gasteiger charge is 2.33. The molecule has 0 radical (unpaired) electrons. The number of tetrazole rings is 1. The van der Waals surface area contributed by atoms with Gasteiger partial charge in [-0.25, -0.2) is 9.07 Å². The summed E-state index contributed by atoms with van der Waals surface area (Å²) in [6, 6.07) is 11.1. The third-order valence-electron chi connectivity index (χ3n) is 5.69. The number of quaternary nitrogens is 1. The monoisotopic (exact) mass is 399 g/mol. The van der Waals surface area contributed by atoms with Crippen molar-refractivity contribution >= 4 is 5.69 Å². The van der Waals surface area contributed by atoms with E-state index in [1.54, 1.807) is 12.3 Å². The Labute approximate surface area is 170 Å². The molecule has 0 bridgehead atoms. The van der Waals surface area contributed by atoms with E-state index in [0.717, 1.165) is 57.0 Å². The number of hydrogen-bond acceptors (Lipinski definition) is 5. The molecule has 0 unspecified atom stereocenters. The fourth-order valence-corrected chi connectivity index (χ4v) is 4.14. The van der Waals surface area contributed by atoms with Gasteiger partial charge in [0.05, 0.1) is 38.1 Å². The van der Waals surface area contributed by atoms with Crippen LogP contribution in [0.2, 0.25) is 0 Å². The zero-order valence-corrected chi connectivity index (χ0v) is 16.8. The number of benzene rings is 1. The lowest BCUT2D eigenvalue weighted by Gasteiger charge is -2.37. The summed E-state index contributed by atoms with van der Waals surface area (Å²) >= 11 is 0. The summed E-state index contributed by atoms with van der Waals surface area (Å²) in [5, 5.41) is 12.5. The number of anilines is 1. The van der Waals surface area contributed by atoms with Crippen molar-refractivity contribution in [3.8, 4) is 0 Å². The highest BCUT2D eigenvalue weighted by molar-refractivity contribution is 5.47. The number of rotatable bonds is 8. The fourth-order valence-electron chi connectivity index (χ4n) is 4.14. The average molecular weight is 399 g/mol. The van der Waals surface area contributed by atoms with Crippen LogP contribution in [-0.4, -0.2) is 46.4 Å². The molecule has 1 aromatic carbocycles. The molecule has 0 saturated carbocycles. The standard InChI is InChI=1S/C21H27FN6O/c1-2-3-9-20(21-23-24-25-28(21)16-17-7-6-15-29-17)27-13-11-26(12-14-27)19-10-5-4-8-18(19)22/h4-8,10,15,20H,2-3,9,11-14,16H2,1H3/p+1/t20-/m0/s1. The first-order valence-electron chi connectivity index (χ1n) is 10.4. The number of nitrogens with zero attached hydrogens (tertiary/aromatic N) is 5. The predicted octanol–water partition coefficient (Wildman–Crippen LogP) is 2.09. The van der Waals surface area contributed by atoms with Gasteiger partial charge in [0.2, 0.25) is 5.82 Å². The molecule has 154 valence electrons. The molecule has 3 aromatic rings. The van der Waals surface area contributed by atoms with Gasteiger partial charge in [0.1, 0.15) is 24.2 Å². The molecule has 1 atom stereocenters. The first-order valence-corrected chi connectivity index (χ1v) is 10.4. The van der Waals surface area contributed by atoms with Crippen LogP contribution in [0.5, 0.6) is 0 Å². The molecular weight excluding hydrogens is 371 g/mol. The number of para-hydroxylation sites is 1. The zero-order chi connectivity index (χ0) is 20.1. The largest absolute Gasteiger partial charge is 0.467 e. The van der Waals surface area contributed by atoms with Crippen molar-refractivity contribution in [2.24, 2.45) is 0 Å². The number of halogens is 1. The molecule has 0 aliphatic carbocycles. The molecular formula is C21H28FN6O+. The van der Waals surface area contributed by atoms with Crippen molar-refractivity contribution in [3.05, 3.63) is 60.1 Å². The van der Waals surface area contributed by atoms with E-state index in [-0.39, 0.29) is 11.9 Å². The lowest BCUT2D eigenvalue weighted by Crippen LogP contribution is -3.15. The Bertz CT molecular complexity index is 888. The van der Waals surface area contributed by atoms with Gasteiger partial charge >= 0.3 is 0 Å². The van der Waals surface area contributed by atoms with Gasteiger partial charge in [-0.15, -0.1) is 5.10 Å². The van der Waals surface area contributed by atoms with Gasteiger partial charge in [0, 0.05) is 6.42 Å². The predicted molar refractivity (Wildman–Crippen MR) is 107 cm³/mol. The van der Waals surface area contributed by atoms with E-state index in [9.17, 15) is 4.39 Å². The van der Waals surface area contributed by atoms with Crippen LogP contribution in [0.1, 0.15) is 43.8 Å². The molecule has 1 aliphatic rings. The van der Waals surface area contributed by atoms with Crippen molar-refractivity contribution in [1.29, 1.82) is 0 Å². The number of aromatic nitrogens is 4. The van der Waals surface area contributed by atoms with Crippen LogP contribution < -0.4 is 9.80 Å². The Morgan fingerprint density at radius 1 is 1.17 bits per heavy atom. The first-order chi connectivity index (χ1) is 14.3. The number of piperazine rings is 1. The number of furan rings is 1. The van der Waals surface area contributed by atoms with Crippen molar-refractivity contribution in [3.63, 3.8) is 0 Å². The van der Waals surface area contributed by atoms with Crippen LogP contribution >= 0.6 is 0 Å². The smallest absolute Gasteiger partial charge is 0.209 e. The van der Waals surface area contributed by atoms with Gasteiger partial charge in [-0.05, 0) is 41.1 Å². The van der Waals surface area contributed by atoms with E-state index in [1.165, 1.54) is 11.0 Å². The normalized spacial score (nSPS) is 16.3. The average Bonchev–Trinajstić information content (AvgIpc) is 3.42. The second-order valence-electron chi connectivity index (χ2n) is 7.57. The molecule has 1 N–H and O–H groups in total. The number of unbranched alkanes of at least 4 members (excludes halogenated alkanes) is 1. The lowest BCUT2D eigenvalue weighted by atomic mass is 10.1. The molecule has 3 heterocycles. The van der Waals surface area contributed by atoms with Gasteiger partial charge in [-0.3, -0.25) is 0 Å². The highest BCUT2D eigenvalue weighted by Crippen LogP contribution is 2.20. The lowest BCUT2D eigenvalue weighted by molar-refractivity contribution is -0.933. The van der Waals surface area contributed by atoms with E-state index in [0.29, 0.717) is 12.2 Å². The minimum absolute atomic E-state index is 0.152. The quantitative estimate of drug-likeness (QED) is 0.628. The minimum atomic E-state index is -0.152. The maximum absolute atomic E-state index is 14.2. The minimum Gasteiger partial charge on any atom is -0.467 e. The van der Waals surface area contributed by atoms with Crippen LogP contribution in [0, 0.1) is 5.82 Å².